The smallest absolute Gasteiger partial charge is 0.166 e. The molecule has 0 aromatic rings. The minimum atomic E-state index is -0.845. The van der Waals surface area contributed by atoms with Gasteiger partial charge in [-0.25, -0.2) is 0 Å². The van der Waals surface area contributed by atoms with Crippen LogP contribution in [0.5, 0.6) is 0 Å². The predicted octanol–water partition coefficient (Wildman–Crippen LogP) is 6.47. The van der Waals surface area contributed by atoms with Crippen LogP contribution >= 0.6 is 0 Å². The Bertz CT molecular complexity index is 588. The van der Waals surface area contributed by atoms with Crippen molar-refractivity contribution in [3.05, 3.63) is 0 Å². The van der Waals surface area contributed by atoms with Crippen molar-refractivity contribution in [2.24, 2.45) is 23.7 Å². The van der Waals surface area contributed by atoms with Crippen molar-refractivity contribution in [2.45, 2.75) is 152 Å². The van der Waals surface area contributed by atoms with Gasteiger partial charge in [-0.05, 0) is 77.0 Å². The molecule has 2 N–H and O–H groups in total. The van der Waals surface area contributed by atoms with Crippen molar-refractivity contribution in [3.63, 3.8) is 0 Å². The molecule has 0 amide bonds. The highest BCUT2D eigenvalue weighted by Gasteiger charge is 2.60. The van der Waals surface area contributed by atoms with E-state index in [0.29, 0.717) is 23.7 Å². The first kappa shape index (κ1) is 23.6. The summed E-state index contributed by atoms with van der Waals surface area (Å²) in [5.74, 6) is 0.386. The van der Waals surface area contributed by atoms with Gasteiger partial charge in [0.1, 0.15) is 0 Å². The summed E-state index contributed by atoms with van der Waals surface area (Å²) in [5.41, 5.74) is 0.0969. The van der Waals surface area contributed by atoms with Crippen LogP contribution in [0, 0.1) is 23.7 Å². The van der Waals surface area contributed by atoms with E-state index in [1.165, 1.54) is 116 Å². The molecular formula is C28H48O4. The minimum Gasteiger partial charge on any atom is -0.365 e. The van der Waals surface area contributed by atoms with Gasteiger partial charge in [0.25, 0.3) is 0 Å². The van der Waals surface area contributed by atoms with Gasteiger partial charge in [-0.1, -0.05) is 64.2 Å². The first-order valence-electron chi connectivity index (χ1n) is 14.1. The summed E-state index contributed by atoms with van der Waals surface area (Å²) in [6.07, 6.45) is 22.7. The Balaban J connectivity index is 0.000000135. The van der Waals surface area contributed by atoms with E-state index >= 15 is 0 Å². The number of aliphatic hydroxyl groups is 2. The quantitative estimate of drug-likeness (QED) is 0.446. The van der Waals surface area contributed by atoms with Crippen LogP contribution in [-0.4, -0.2) is 33.0 Å². The summed E-state index contributed by atoms with van der Waals surface area (Å²) in [4.78, 5) is 0. The molecule has 0 aromatic carbocycles. The third-order valence-electron chi connectivity index (χ3n) is 10.5. The third-order valence-corrected chi connectivity index (χ3v) is 10.5. The molecule has 32 heavy (non-hydrogen) atoms. The molecule has 0 aromatic heterocycles. The molecule has 6 atom stereocenters. The fourth-order valence-electron chi connectivity index (χ4n) is 9.18. The summed E-state index contributed by atoms with van der Waals surface area (Å²) >= 11 is 0. The fraction of sp³-hybridized carbons (Fsp3) is 1.00. The van der Waals surface area contributed by atoms with Gasteiger partial charge in [0, 0.05) is 11.8 Å². The summed E-state index contributed by atoms with van der Waals surface area (Å²) in [7, 11) is 0. The molecule has 6 rings (SSSR count). The van der Waals surface area contributed by atoms with E-state index in [9.17, 15) is 10.2 Å². The van der Waals surface area contributed by atoms with Gasteiger partial charge < -0.3 is 19.7 Å². The van der Waals surface area contributed by atoms with E-state index in [4.69, 9.17) is 9.47 Å². The zero-order valence-corrected chi connectivity index (χ0v) is 20.7. The Morgan fingerprint density at radius 2 is 0.781 bits per heavy atom. The number of hydrogen-bond acceptors (Lipinski definition) is 4. The molecule has 4 saturated carbocycles. The Kier molecular flexibility index (Phi) is 6.49. The lowest BCUT2D eigenvalue weighted by molar-refractivity contribution is -0.234. The lowest BCUT2D eigenvalue weighted by Crippen LogP contribution is -2.40. The van der Waals surface area contributed by atoms with Crippen molar-refractivity contribution < 1.29 is 19.7 Å². The molecular weight excluding hydrogens is 400 g/mol. The molecule has 2 spiro atoms. The molecule has 6 aliphatic rings. The van der Waals surface area contributed by atoms with E-state index in [2.05, 4.69) is 0 Å². The van der Waals surface area contributed by atoms with Gasteiger partial charge in [-0.3, -0.25) is 0 Å². The molecule has 0 unspecified atom stereocenters. The molecule has 4 nitrogen and oxygen atoms in total. The third kappa shape index (κ3) is 4.10. The predicted molar refractivity (Wildman–Crippen MR) is 126 cm³/mol. The molecule has 0 radical (unpaired) electrons. The van der Waals surface area contributed by atoms with E-state index in [1.54, 1.807) is 0 Å². The average Bonchev–Trinajstić information content (AvgIpc) is 3.14. The summed E-state index contributed by atoms with van der Waals surface area (Å²) in [5, 5.41) is 21.0. The van der Waals surface area contributed by atoms with Crippen LogP contribution in [0.15, 0.2) is 0 Å². The number of hydrogen-bond donors (Lipinski definition) is 2. The Morgan fingerprint density at radius 1 is 0.469 bits per heavy atom. The molecule has 4 aliphatic carbocycles. The van der Waals surface area contributed by atoms with Crippen LogP contribution in [0.4, 0.5) is 0 Å². The van der Waals surface area contributed by atoms with Gasteiger partial charge >= 0.3 is 0 Å². The second-order valence-electron chi connectivity index (χ2n) is 12.6. The van der Waals surface area contributed by atoms with Gasteiger partial charge in [0.15, 0.2) is 11.6 Å². The summed E-state index contributed by atoms with van der Waals surface area (Å²) in [6, 6.07) is 0. The topological polar surface area (TPSA) is 58.9 Å². The normalized spacial score (nSPS) is 46.9. The molecule has 2 heterocycles. The summed E-state index contributed by atoms with van der Waals surface area (Å²) < 4.78 is 12.4. The van der Waals surface area contributed by atoms with Crippen LogP contribution < -0.4 is 0 Å². The van der Waals surface area contributed by atoms with E-state index in [-0.39, 0.29) is 11.2 Å². The molecule has 2 aliphatic heterocycles. The molecule has 0 bridgehead atoms. The maximum atomic E-state index is 10.5. The van der Waals surface area contributed by atoms with Crippen LogP contribution in [0.1, 0.15) is 129 Å². The first-order chi connectivity index (χ1) is 15.3. The van der Waals surface area contributed by atoms with E-state index in [1.807, 2.05) is 13.8 Å². The van der Waals surface area contributed by atoms with Crippen LogP contribution in [0.3, 0.4) is 0 Å². The van der Waals surface area contributed by atoms with Crippen LogP contribution in [0.25, 0.3) is 0 Å². The number of ether oxygens (including phenoxy) is 2. The number of fused-ring (bicyclic) bond motifs is 4. The minimum absolute atomic E-state index is 0.0484. The molecule has 2 saturated heterocycles. The molecule has 4 heteroatoms. The highest BCUT2D eigenvalue weighted by molar-refractivity contribution is 5.06. The second-order valence-corrected chi connectivity index (χ2v) is 12.6. The maximum absolute atomic E-state index is 10.5. The molecule has 184 valence electrons. The number of rotatable bonds is 0. The van der Waals surface area contributed by atoms with Gasteiger partial charge in [0.2, 0.25) is 0 Å². The van der Waals surface area contributed by atoms with Crippen LogP contribution in [0.2, 0.25) is 0 Å². The van der Waals surface area contributed by atoms with Crippen molar-refractivity contribution in [3.8, 4) is 0 Å². The van der Waals surface area contributed by atoms with Crippen molar-refractivity contribution in [1.29, 1.82) is 0 Å². The zero-order chi connectivity index (χ0) is 22.5. The van der Waals surface area contributed by atoms with E-state index < -0.39 is 11.6 Å². The van der Waals surface area contributed by atoms with Crippen LogP contribution in [-0.2, 0) is 9.47 Å². The Hall–Kier alpha value is -0.160. The average molecular weight is 449 g/mol. The zero-order valence-electron chi connectivity index (χ0n) is 20.7. The maximum Gasteiger partial charge on any atom is 0.166 e. The molecule has 6 fully saturated rings. The van der Waals surface area contributed by atoms with E-state index in [0.717, 1.165) is 0 Å². The SMILES string of the molecule is C[C@]1(O)OC2(CCCCC2)[C@@H]2CCCC[C@H]21.C[C@]1(O)OC2(CCCCC2)[C@@H]2CCCC[C@H]21. The Labute approximate surface area is 195 Å². The lowest BCUT2D eigenvalue weighted by Gasteiger charge is -2.40. The van der Waals surface area contributed by atoms with Gasteiger partial charge in [-0.2, -0.15) is 0 Å². The second kappa shape index (κ2) is 8.81. The highest BCUT2D eigenvalue weighted by Crippen LogP contribution is 2.58. The standard InChI is InChI=1S/2C14H24O2/c2*1-13(15)11-7-3-4-8-12(11)14(16-13)9-5-2-6-10-14/h2*11-12,15H,2-10H2,1H3/t2*11-,12-,13+/m11/s1. The van der Waals surface area contributed by atoms with Crippen molar-refractivity contribution >= 4 is 0 Å². The van der Waals surface area contributed by atoms with Crippen molar-refractivity contribution in [2.75, 3.05) is 0 Å². The van der Waals surface area contributed by atoms with Crippen molar-refractivity contribution in [1.82, 2.24) is 0 Å². The van der Waals surface area contributed by atoms with Gasteiger partial charge in [0.05, 0.1) is 11.2 Å². The summed E-state index contributed by atoms with van der Waals surface area (Å²) in [6.45, 7) is 3.80. The monoisotopic (exact) mass is 448 g/mol. The first-order valence-corrected chi connectivity index (χ1v) is 14.1. The Morgan fingerprint density at radius 3 is 1.12 bits per heavy atom. The largest absolute Gasteiger partial charge is 0.365 e. The highest BCUT2D eigenvalue weighted by atomic mass is 16.7. The van der Waals surface area contributed by atoms with Gasteiger partial charge in [-0.15, -0.1) is 0 Å². The fourth-order valence-corrected chi connectivity index (χ4v) is 9.18. The lowest BCUT2D eigenvalue weighted by atomic mass is 9.66.